The maximum atomic E-state index is 12.3. The van der Waals surface area contributed by atoms with Crippen molar-refractivity contribution in [3.05, 3.63) is 63.8 Å². The number of hydrogen-bond acceptors (Lipinski definition) is 3. The van der Waals surface area contributed by atoms with E-state index in [1.165, 1.54) is 0 Å². The second-order valence-electron chi connectivity index (χ2n) is 5.74. The molecule has 0 aliphatic rings. The number of methoxy groups -OCH3 is 1. The SMILES string of the molecule is COc1cccc2cc(C(C)NC(=O)Cc3ccc(Cl)c(Cl)c3)oc12. The molecule has 2 aromatic carbocycles. The Kier molecular flexibility index (Phi) is 5.21. The summed E-state index contributed by atoms with van der Waals surface area (Å²) in [5.41, 5.74) is 1.47. The quantitative estimate of drug-likeness (QED) is 0.667. The fraction of sp³-hybridized carbons (Fsp3) is 0.211. The minimum Gasteiger partial charge on any atom is -0.493 e. The Balaban J connectivity index is 1.72. The smallest absolute Gasteiger partial charge is 0.224 e. The van der Waals surface area contributed by atoms with E-state index in [1.807, 2.05) is 31.2 Å². The lowest BCUT2D eigenvalue weighted by Gasteiger charge is -2.11. The van der Waals surface area contributed by atoms with Gasteiger partial charge in [-0.15, -0.1) is 0 Å². The Labute approximate surface area is 155 Å². The van der Waals surface area contributed by atoms with Gasteiger partial charge in [-0.1, -0.05) is 41.4 Å². The van der Waals surface area contributed by atoms with Crippen molar-refractivity contribution < 1.29 is 13.9 Å². The number of amides is 1. The first kappa shape index (κ1) is 17.6. The molecule has 0 radical (unpaired) electrons. The van der Waals surface area contributed by atoms with Gasteiger partial charge in [0.05, 0.1) is 29.6 Å². The first-order valence-corrected chi connectivity index (χ1v) is 8.53. The molecule has 0 bridgehead atoms. The lowest BCUT2D eigenvalue weighted by Crippen LogP contribution is -2.27. The molecule has 1 aromatic heterocycles. The molecule has 1 heterocycles. The Morgan fingerprint density at radius 1 is 1.20 bits per heavy atom. The first-order chi connectivity index (χ1) is 12.0. The van der Waals surface area contributed by atoms with E-state index in [9.17, 15) is 4.79 Å². The largest absolute Gasteiger partial charge is 0.493 e. The number of hydrogen-bond donors (Lipinski definition) is 1. The number of halogens is 2. The van der Waals surface area contributed by atoms with Gasteiger partial charge in [0, 0.05) is 5.39 Å². The summed E-state index contributed by atoms with van der Waals surface area (Å²) in [6.45, 7) is 1.87. The van der Waals surface area contributed by atoms with Crippen LogP contribution in [0.15, 0.2) is 46.9 Å². The molecule has 130 valence electrons. The Bertz CT molecular complexity index is 920. The summed E-state index contributed by atoms with van der Waals surface area (Å²) in [7, 11) is 1.60. The van der Waals surface area contributed by atoms with E-state index in [1.54, 1.807) is 25.3 Å². The van der Waals surface area contributed by atoms with Crippen LogP contribution in [0.3, 0.4) is 0 Å². The molecule has 0 saturated carbocycles. The number of benzene rings is 2. The summed E-state index contributed by atoms with van der Waals surface area (Å²) in [6, 6.07) is 12.5. The molecule has 1 amide bonds. The van der Waals surface area contributed by atoms with Crippen LogP contribution >= 0.6 is 23.2 Å². The number of para-hydroxylation sites is 1. The van der Waals surface area contributed by atoms with Crippen LogP contribution in [0.25, 0.3) is 11.0 Å². The van der Waals surface area contributed by atoms with Crippen molar-refractivity contribution in [2.45, 2.75) is 19.4 Å². The molecule has 1 atom stereocenters. The summed E-state index contributed by atoms with van der Waals surface area (Å²) in [4.78, 5) is 12.3. The third kappa shape index (κ3) is 3.91. The van der Waals surface area contributed by atoms with Gasteiger partial charge in [-0.2, -0.15) is 0 Å². The Hall–Kier alpha value is -2.17. The van der Waals surface area contributed by atoms with Crippen molar-refractivity contribution in [2.75, 3.05) is 7.11 Å². The van der Waals surface area contributed by atoms with Gasteiger partial charge in [0.15, 0.2) is 11.3 Å². The fourth-order valence-corrected chi connectivity index (χ4v) is 2.95. The second kappa shape index (κ2) is 7.38. The van der Waals surface area contributed by atoms with E-state index in [0.29, 0.717) is 27.1 Å². The molecule has 0 aliphatic heterocycles. The van der Waals surface area contributed by atoms with E-state index in [0.717, 1.165) is 10.9 Å². The third-order valence-electron chi connectivity index (χ3n) is 3.90. The molecule has 6 heteroatoms. The van der Waals surface area contributed by atoms with E-state index in [2.05, 4.69) is 5.32 Å². The zero-order valence-electron chi connectivity index (χ0n) is 13.8. The zero-order chi connectivity index (χ0) is 18.0. The number of rotatable bonds is 5. The van der Waals surface area contributed by atoms with Gasteiger partial charge in [0.25, 0.3) is 0 Å². The number of carbonyl (C=O) groups is 1. The molecule has 0 fully saturated rings. The molecule has 1 N–H and O–H groups in total. The molecule has 25 heavy (non-hydrogen) atoms. The summed E-state index contributed by atoms with van der Waals surface area (Å²) in [5.74, 6) is 1.21. The predicted octanol–water partition coefficient (Wildman–Crippen LogP) is 5.17. The highest BCUT2D eigenvalue weighted by Crippen LogP contribution is 2.31. The highest BCUT2D eigenvalue weighted by atomic mass is 35.5. The first-order valence-electron chi connectivity index (χ1n) is 7.77. The summed E-state index contributed by atoms with van der Waals surface area (Å²) >= 11 is 11.9. The standard InChI is InChI=1S/C19H17Cl2NO3/c1-11(17-10-13-4-3-5-16(24-2)19(13)25-17)22-18(23)9-12-6-7-14(20)15(21)8-12/h3-8,10-11H,9H2,1-2H3,(H,22,23). The van der Waals surface area contributed by atoms with Crippen molar-refractivity contribution in [1.29, 1.82) is 0 Å². The van der Waals surface area contributed by atoms with Crippen LogP contribution in [-0.2, 0) is 11.2 Å². The van der Waals surface area contributed by atoms with Crippen LogP contribution in [0.1, 0.15) is 24.3 Å². The Morgan fingerprint density at radius 3 is 2.72 bits per heavy atom. The topological polar surface area (TPSA) is 51.5 Å². The van der Waals surface area contributed by atoms with Crippen LogP contribution < -0.4 is 10.1 Å². The Morgan fingerprint density at radius 2 is 2.00 bits per heavy atom. The average Bonchev–Trinajstić information content (AvgIpc) is 3.02. The molecular formula is C19H17Cl2NO3. The van der Waals surface area contributed by atoms with Crippen LogP contribution in [0.5, 0.6) is 5.75 Å². The molecule has 1 unspecified atom stereocenters. The minimum atomic E-state index is -0.271. The number of nitrogens with one attached hydrogen (secondary N) is 1. The molecule has 4 nitrogen and oxygen atoms in total. The van der Waals surface area contributed by atoms with Crippen molar-refractivity contribution >= 4 is 40.1 Å². The predicted molar refractivity (Wildman–Crippen MR) is 99.5 cm³/mol. The van der Waals surface area contributed by atoms with Crippen molar-refractivity contribution in [1.82, 2.24) is 5.32 Å². The van der Waals surface area contributed by atoms with E-state index in [-0.39, 0.29) is 18.4 Å². The highest BCUT2D eigenvalue weighted by Gasteiger charge is 2.16. The lowest BCUT2D eigenvalue weighted by atomic mass is 10.1. The van der Waals surface area contributed by atoms with E-state index < -0.39 is 0 Å². The third-order valence-corrected chi connectivity index (χ3v) is 4.64. The second-order valence-corrected chi connectivity index (χ2v) is 6.56. The van der Waals surface area contributed by atoms with Gasteiger partial charge in [-0.25, -0.2) is 0 Å². The van der Waals surface area contributed by atoms with Crippen molar-refractivity contribution in [3.8, 4) is 5.75 Å². The molecule has 0 saturated heterocycles. The van der Waals surface area contributed by atoms with Gasteiger partial charge in [-0.3, -0.25) is 4.79 Å². The molecule has 3 rings (SSSR count). The maximum absolute atomic E-state index is 12.3. The van der Waals surface area contributed by atoms with Crippen LogP contribution in [-0.4, -0.2) is 13.0 Å². The van der Waals surface area contributed by atoms with Crippen LogP contribution in [0.4, 0.5) is 0 Å². The number of ether oxygens (including phenoxy) is 1. The summed E-state index contributed by atoms with van der Waals surface area (Å²) < 4.78 is 11.2. The van der Waals surface area contributed by atoms with Gasteiger partial charge in [-0.05, 0) is 36.8 Å². The van der Waals surface area contributed by atoms with Crippen LogP contribution in [0, 0.1) is 0 Å². The maximum Gasteiger partial charge on any atom is 0.224 e. The van der Waals surface area contributed by atoms with Gasteiger partial charge >= 0.3 is 0 Å². The molecule has 3 aromatic rings. The fourth-order valence-electron chi connectivity index (χ4n) is 2.63. The van der Waals surface area contributed by atoms with Crippen molar-refractivity contribution in [3.63, 3.8) is 0 Å². The molecular weight excluding hydrogens is 361 g/mol. The normalized spacial score (nSPS) is 12.2. The van der Waals surface area contributed by atoms with Gasteiger partial charge < -0.3 is 14.5 Å². The van der Waals surface area contributed by atoms with E-state index >= 15 is 0 Å². The summed E-state index contributed by atoms with van der Waals surface area (Å²) in [6.07, 6.45) is 0.213. The molecule has 0 aliphatic carbocycles. The van der Waals surface area contributed by atoms with Crippen molar-refractivity contribution in [2.24, 2.45) is 0 Å². The van der Waals surface area contributed by atoms with E-state index in [4.69, 9.17) is 32.4 Å². The molecule has 0 spiro atoms. The van der Waals surface area contributed by atoms with Gasteiger partial charge in [0.1, 0.15) is 5.76 Å². The number of carbonyl (C=O) groups excluding carboxylic acids is 1. The van der Waals surface area contributed by atoms with Crippen LogP contribution in [0.2, 0.25) is 10.0 Å². The number of fused-ring (bicyclic) bond motifs is 1. The number of furan rings is 1. The monoisotopic (exact) mass is 377 g/mol. The lowest BCUT2D eigenvalue weighted by molar-refractivity contribution is -0.121. The minimum absolute atomic E-state index is 0.127. The zero-order valence-corrected chi connectivity index (χ0v) is 15.3. The average molecular weight is 378 g/mol. The summed E-state index contributed by atoms with van der Waals surface area (Å²) in [5, 5.41) is 4.76. The highest BCUT2D eigenvalue weighted by molar-refractivity contribution is 6.42. The van der Waals surface area contributed by atoms with Gasteiger partial charge in [0.2, 0.25) is 5.91 Å².